The van der Waals surface area contributed by atoms with E-state index >= 15 is 0 Å². The van der Waals surface area contributed by atoms with Gasteiger partial charge < -0.3 is 14.5 Å². The number of rotatable bonds is 6. The molecule has 112 valence electrons. The predicted molar refractivity (Wildman–Crippen MR) is 86.8 cm³/mol. The highest BCUT2D eigenvalue weighted by Crippen LogP contribution is 2.29. The van der Waals surface area contributed by atoms with Crippen LogP contribution in [0, 0.1) is 6.92 Å². The average molecular weight is 371 g/mol. The van der Waals surface area contributed by atoms with Crippen LogP contribution in [0.3, 0.4) is 0 Å². The lowest BCUT2D eigenvalue weighted by Gasteiger charge is -2.06. The fraction of sp³-hybridized carbons (Fsp3) is 0.375. The number of benzene rings is 1. The largest absolute Gasteiger partial charge is 0.484 e. The van der Waals surface area contributed by atoms with E-state index < -0.39 is 0 Å². The first-order valence-corrected chi connectivity index (χ1v) is 8.18. The van der Waals surface area contributed by atoms with Gasteiger partial charge in [0.05, 0.1) is 11.6 Å². The molecule has 5 heteroatoms. The summed E-state index contributed by atoms with van der Waals surface area (Å²) in [5.41, 5.74) is 1.15. The third-order valence-corrected chi connectivity index (χ3v) is 4.27. The summed E-state index contributed by atoms with van der Waals surface area (Å²) in [4.78, 5) is 0. The van der Waals surface area contributed by atoms with E-state index in [1.54, 1.807) is 6.07 Å². The second-order valence-electron chi connectivity index (χ2n) is 5.34. The number of aryl methyl sites for hydroxylation is 1. The standard InChI is InChI=1S/C16H17BrClNO2/c1-10-6-13(21-16(10)8-19-12-3-4-12)9-20-15-7-11(17)2-5-14(15)18/h2,5-7,12,19H,3-4,8-9H2,1H3. The second-order valence-corrected chi connectivity index (χ2v) is 6.66. The zero-order chi connectivity index (χ0) is 14.8. The summed E-state index contributed by atoms with van der Waals surface area (Å²) in [6.45, 7) is 3.22. The molecule has 1 aromatic carbocycles. The number of halogens is 2. The lowest BCUT2D eigenvalue weighted by atomic mass is 10.2. The summed E-state index contributed by atoms with van der Waals surface area (Å²) in [6.07, 6.45) is 2.55. The number of furan rings is 1. The number of hydrogen-bond donors (Lipinski definition) is 1. The summed E-state index contributed by atoms with van der Waals surface area (Å²) in [6, 6.07) is 8.24. The van der Waals surface area contributed by atoms with Crippen molar-refractivity contribution < 1.29 is 9.15 Å². The van der Waals surface area contributed by atoms with E-state index in [1.807, 2.05) is 18.2 Å². The Balaban J connectivity index is 1.61. The van der Waals surface area contributed by atoms with Gasteiger partial charge in [0.15, 0.2) is 0 Å². The van der Waals surface area contributed by atoms with Gasteiger partial charge in [-0.15, -0.1) is 0 Å². The van der Waals surface area contributed by atoms with E-state index in [1.165, 1.54) is 12.8 Å². The molecule has 21 heavy (non-hydrogen) atoms. The minimum absolute atomic E-state index is 0.375. The van der Waals surface area contributed by atoms with Gasteiger partial charge in [0.1, 0.15) is 23.9 Å². The van der Waals surface area contributed by atoms with Gasteiger partial charge in [0.25, 0.3) is 0 Å². The average Bonchev–Trinajstić information content (AvgIpc) is 3.21. The molecular formula is C16H17BrClNO2. The molecule has 2 aromatic rings. The molecule has 1 fully saturated rings. The molecule has 1 aliphatic rings. The fourth-order valence-electron chi connectivity index (χ4n) is 2.10. The highest BCUT2D eigenvalue weighted by atomic mass is 79.9. The van der Waals surface area contributed by atoms with E-state index in [9.17, 15) is 0 Å². The smallest absolute Gasteiger partial charge is 0.146 e. The molecule has 0 bridgehead atoms. The van der Waals surface area contributed by atoms with Gasteiger partial charge in [-0.05, 0) is 49.6 Å². The maximum atomic E-state index is 6.10. The predicted octanol–water partition coefficient (Wildman–Crippen LogP) is 4.83. The third-order valence-electron chi connectivity index (χ3n) is 3.46. The van der Waals surface area contributed by atoms with Crippen LogP contribution in [0.5, 0.6) is 5.75 Å². The first kappa shape index (κ1) is 14.9. The molecule has 0 spiro atoms. The van der Waals surface area contributed by atoms with Gasteiger partial charge >= 0.3 is 0 Å². The van der Waals surface area contributed by atoms with Crippen LogP contribution in [0.4, 0.5) is 0 Å². The van der Waals surface area contributed by atoms with Crippen LogP contribution in [0.25, 0.3) is 0 Å². The molecule has 1 saturated carbocycles. The van der Waals surface area contributed by atoms with Crippen LogP contribution in [0.15, 0.2) is 33.2 Å². The van der Waals surface area contributed by atoms with Crippen LogP contribution in [-0.4, -0.2) is 6.04 Å². The first-order chi connectivity index (χ1) is 10.1. The van der Waals surface area contributed by atoms with Gasteiger partial charge in [0, 0.05) is 10.5 Å². The van der Waals surface area contributed by atoms with Crippen molar-refractivity contribution in [1.82, 2.24) is 5.32 Å². The quantitative estimate of drug-likeness (QED) is 0.790. The van der Waals surface area contributed by atoms with Gasteiger partial charge in [-0.3, -0.25) is 0 Å². The third kappa shape index (κ3) is 4.02. The maximum Gasteiger partial charge on any atom is 0.146 e. The molecular weight excluding hydrogens is 354 g/mol. The van der Waals surface area contributed by atoms with E-state index in [4.69, 9.17) is 20.8 Å². The van der Waals surface area contributed by atoms with Crippen molar-refractivity contribution in [3.8, 4) is 5.75 Å². The van der Waals surface area contributed by atoms with Crippen LogP contribution in [-0.2, 0) is 13.2 Å². The van der Waals surface area contributed by atoms with Crippen LogP contribution in [0.2, 0.25) is 5.02 Å². The molecule has 1 aliphatic carbocycles. The summed E-state index contributed by atoms with van der Waals surface area (Å²) in [7, 11) is 0. The van der Waals surface area contributed by atoms with Crippen molar-refractivity contribution in [2.24, 2.45) is 0 Å². The van der Waals surface area contributed by atoms with E-state index in [2.05, 4.69) is 28.2 Å². The van der Waals surface area contributed by atoms with Gasteiger partial charge in [0.2, 0.25) is 0 Å². The zero-order valence-electron chi connectivity index (χ0n) is 11.8. The Morgan fingerprint density at radius 3 is 2.95 bits per heavy atom. The van der Waals surface area contributed by atoms with E-state index in [-0.39, 0.29) is 0 Å². The molecule has 3 rings (SSSR count). The van der Waals surface area contributed by atoms with Gasteiger partial charge in [-0.1, -0.05) is 27.5 Å². The monoisotopic (exact) mass is 369 g/mol. The summed E-state index contributed by atoms with van der Waals surface area (Å²) < 4.78 is 12.5. The lowest BCUT2D eigenvalue weighted by Crippen LogP contribution is -2.15. The van der Waals surface area contributed by atoms with Crippen molar-refractivity contribution in [3.05, 3.63) is 50.8 Å². The highest BCUT2D eigenvalue weighted by molar-refractivity contribution is 9.10. The van der Waals surface area contributed by atoms with E-state index in [0.717, 1.165) is 28.1 Å². The summed E-state index contributed by atoms with van der Waals surface area (Å²) in [5.74, 6) is 2.45. The summed E-state index contributed by atoms with van der Waals surface area (Å²) >= 11 is 9.51. The second kappa shape index (κ2) is 6.42. The number of hydrogen-bond acceptors (Lipinski definition) is 3. The maximum absolute atomic E-state index is 6.10. The zero-order valence-corrected chi connectivity index (χ0v) is 14.1. The fourth-order valence-corrected chi connectivity index (χ4v) is 2.61. The topological polar surface area (TPSA) is 34.4 Å². The number of nitrogens with one attached hydrogen (secondary N) is 1. The number of ether oxygens (including phenoxy) is 1. The summed E-state index contributed by atoms with van der Waals surface area (Å²) in [5, 5.41) is 4.05. The SMILES string of the molecule is Cc1cc(COc2cc(Br)ccc2Cl)oc1CNC1CC1. The molecule has 0 radical (unpaired) electrons. The van der Waals surface area contributed by atoms with Gasteiger partial charge in [-0.2, -0.15) is 0 Å². The van der Waals surface area contributed by atoms with Crippen LogP contribution in [0.1, 0.15) is 29.9 Å². The molecule has 3 nitrogen and oxygen atoms in total. The lowest BCUT2D eigenvalue weighted by molar-refractivity contribution is 0.265. The molecule has 1 aromatic heterocycles. The Morgan fingerprint density at radius 1 is 1.38 bits per heavy atom. The molecule has 0 amide bonds. The van der Waals surface area contributed by atoms with Crippen molar-refractivity contribution in [1.29, 1.82) is 0 Å². The Bertz CT molecular complexity index is 637. The molecule has 0 atom stereocenters. The van der Waals surface area contributed by atoms with Crippen molar-refractivity contribution in [2.45, 2.75) is 39.0 Å². The molecule has 0 unspecified atom stereocenters. The first-order valence-electron chi connectivity index (χ1n) is 7.01. The normalized spacial score (nSPS) is 14.4. The minimum Gasteiger partial charge on any atom is -0.484 e. The Morgan fingerprint density at radius 2 is 2.19 bits per heavy atom. The Labute approximate surface area is 137 Å². The van der Waals surface area contributed by atoms with E-state index in [0.29, 0.717) is 23.4 Å². The Kier molecular flexibility index (Phi) is 4.57. The van der Waals surface area contributed by atoms with Crippen molar-refractivity contribution in [2.75, 3.05) is 0 Å². The van der Waals surface area contributed by atoms with Gasteiger partial charge in [-0.25, -0.2) is 0 Å². The molecule has 1 N–H and O–H groups in total. The highest BCUT2D eigenvalue weighted by Gasteiger charge is 2.21. The van der Waals surface area contributed by atoms with Crippen molar-refractivity contribution >= 4 is 27.5 Å². The molecule has 0 saturated heterocycles. The van der Waals surface area contributed by atoms with Crippen LogP contribution >= 0.6 is 27.5 Å². The molecule has 0 aliphatic heterocycles. The van der Waals surface area contributed by atoms with Crippen LogP contribution < -0.4 is 10.1 Å². The Hall–Kier alpha value is -0.970. The van der Waals surface area contributed by atoms with Crippen molar-refractivity contribution in [3.63, 3.8) is 0 Å². The molecule has 1 heterocycles. The minimum atomic E-state index is 0.375.